The number of nitrogens with one attached hydrogen (secondary N) is 4. The molecule has 0 aromatic carbocycles. The molecule has 3 amide bonds. The Bertz CT molecular complexity index is 265. The van der Waals surface area contributed by atoms with Crippen LogP contribution in [0.15, 0.2) is 0 Å². The van der Waals surface area contributed by atoms with Crippen LogP contribution in [0.4, 0.5) is 4.79 Å². The number of carbonyl (C=O) groups is 3. The van der Waals surface area contributed by atoms with Crippen molar-refractivity contribution in [3.63, 3.8) is 0 Å². The van der Waals surface area contributed by atoms with Gasteiger partial charge in [-0.25, -0.2) is 10.2 Å². The van der Waals surface area contributed by atoms with Crippen LogP contribution >= 0.6 is 0 Å². The highest BCUT2D eigenvalue weighted by Gasteiger charge is 2.09. The predicted octanol–water partition coefficient (Wildman–Crippen LogP) is -1.24. The van der Waals surface area contributed by atoms with Crippen LogP contribution in [-0.4, -0.2) is 37.9 Å². The summed E-state index contributed by atoms with van der Waals surface area (Å²) in [6.07, 6.45) is 0. The maximum absolute atomic E-state index is 11.1. The van der Waals surface area contributed by atoms with Crippen LogP contribution in [0.3, 0.4) is 0 Å². The molecule has 0 aromatic rings. The minimum atomic E-state index is -0.613. The van der Waals surface area contributed by atoms with Crippen molar-refractivity contribution in [1.82, 2.24) is 21.5 Å². The summed E-state index contributed by atoms with van der Waals surface area (Å²) in [4.78, 5) is 33.1. The van der Waals surface area contributed by atoms with E-state index in [0.29, 0.717) is 0 Å². The fourth-order valence-corrected chi connectivity index (χ4v) is 0.747. The van der Waals surface area contributed by atoms with Crippen molar-refractivity contribution in [3.8, 4) is 0 Å². The zero-order valence-electron chi connectivity index (χ0n) is 9.72. The van der Waals surface area contributed by atoms with E-state index < -0.39 is 6.03 Å². The number of hydrazine groups is 1. The summed E-state index contributed by atoms with van der Waals surface area (Å²) in [5.41, 5.74) is 4.28. The van der Waals surface area contributed by atoms with Crippen LogP contribution in [0, 0.1) is 5.92 Å². The summed E-state index contributed by atoms with van der Waals surface area (Å²) < 4.78 is 0. The average Bonchev–Trinajstić information content (AvgIpc) is 2.23. The first-order chi connectivity index (χ1) is 7.47. The Balaban J connectivity index is 3.67. The Hall–Kier alpha value is -1.63. The number of hydrogen-bond donors (Lipinski definition) is 4. The predicted molar refractivity (Wildman–Crippen MR) is 58.4 cm³/mol. The largest absolute Gasteiger partial charge is 0.333 e. The van der Waals surface area contributed by atoms with Gasteiger partial charge in [0.15, 0.2) is 5.78 Å². The highest BCUT2D eigenvalue weighted by atomic mass is 16.2. The third-order valence-corrected chi connectivity index (χ3v) is 1.72. The number of hydrogen-bond acceptors (Lipinski definition) is 4. The molecule has 0 saturated heterocycles. The van der Waals surface area contributed by atoms with E-state index in [4.69, 9.17) is 0 Å². The van der Waals surface area contributed by atoms with E-state index in [-0.39, 0.29) is 30.7 Å². The van der Waals surface area contributed by atoms with E-state index in [0.717, 1.165) is 0 Å². The second-order valence-corrected chi connectivity index (χ2v) is 3.51. The normalized spacial score (nSPS) is 9.75. The number of ketones is 1. The van der Waals surface area contributed by atoms with Gasteiger partial charge in [-0.3, -0.25) is 15.0 Å². The van der Waals surface area contributed by atoms with Gasteiger partial charge >= 0.3 is 6.03 Å². The fraction of sp³-hybridized carbons (Fsp3) is 0.667. The van der Waals surface area contributed by atoms with Crippen molar-refractivity contribution in [3.05, 3.63) is 0 Å². The molecule has 0 aromatic heterocycles. The molecule has 0 atom stereocenters. The Kier molecular flexibility index (Phi) is 6.86. The lowest BCUT2D eigenvalue weighted by atomic mass is 10.1. The third-order valence-electron chi connectivity index (χ3n) is 1.72. The van der Waals surface area contributed by atoms with Crippen LogP contribution in [0.1, 0.15) is 13.8 Å². The molecule has 0 aliphatic heterocycles. The van der Waals surface area contributed by atoms with Crippen molar-refractivity contribution >= 4 is 17.7 Å². The maximum Gasteiger partial charge on any atom is 0.333 e. The molecular formula is C9H18N4O3. The van der Waals surface area contributed by atoms with Crippen molar-refractivity contribution in [2.24, 2.45) is 5.92 Å². The zero-order valence-corrected chi connectivity index (χ0v) is 9.72. The van der Waals surface area contributed by atoms with Gasteiger partial charge in [-0.2, -0.15) is 0 Å². The fourth-order valence-electron chi connectivity index (χ4n) is 0.747. The van der Waals surface area contributed by atoms with Gasteiger partial charge in [-0.15, -0.1) is 0 Å². The zero-order chi connectivity index (χ0) is 12.6. The van der Waals surface area contributed by atoms with Crippen LogP contribution in [0.25, 0.3) is 0 Å². The van der Waals surface area contributed by atoms with Crippen molar-refractivity contribution < 1.29 is 14.4 Å². The summed E-state index contributed by atoms with van der Waals surface area (Å²) >= 11 is 0. The molecule has 0 rings (SSSR count). The van der Waals surface area contributed by atoms with Crippen molar-refractivity contribution in [2.75, 3.05) is 20.1 Å². The summed E-state index contributed by atoms with van der Waals surface area (Å²) in [6, 6.07) is -0.613. The standard InChI is InChI=1S/C9H18N4O3/c1-6(2)7(14)4-11-9(16)13-12-8(15)5-10-3/h6,10H,4-5H2,1-3H3,(H,12,15)(H2,11,13,16). The second kappa shape index (κ2) is 7.63. The van der Waals surface area contributed by atoms with Gasteiger partial charge in [-0.1, -0.05) is 13.8 Å². The summed E-state index contributed by atoms with van der Waals surface area (Å²) in [5, 5.41) is 4.95. The highest BCUT2D eigenvalue weighted by Crippen LogP contribution is 1.91. The quantitative estimate of drug-likeness (QED) is 0.444. The first-order valence-corrected chi connectivity index (χ1v) is 4.97. The van der Waals surface area contributed by atoms with Gasteiger partial charge in [0.25, 0.3) is 5.91 Å². The summed E-state index contributed by atoms with van der Waals surface area (Å²) in [5.74, 6) is -0.566. The number of urea groups is 1. The number of rotatable bonds is 5. The van der Waals surface area contributed by atoms with Crippen molar-refractivity contribution in [1.29, 1.82) is 0 Å². The van der Waals surface area contributed by atoms with Crippen molar-refractivity contribution in [2.45, 2.75) is 13.8 Å². The molecule has 0 fully saturated rings. The first kappa shape index (κ1) is 14.4. The lowest BCUT2D eigenvalue weighted by Gasteiger charge is -2.09. The lowest BCUT2D eigenvalue weighted by Crippen LogP contribution is -2.50. The van der Waals surface area contributed by atoms with E-state index in [1.807, 2.05) is 0 Å². The molecule has 0 heterocycles. The molecule has 0 bridgehead atoms. The minimum Gasteiger partial charge on any atom is -0.330 e. The average molecular weight is 230 g/mol. The lowest BCUT2D eigenvalue weighted by molar-refractivity contribution is -0.121. The molecule has 0 radical (unpaired) electrons. The van der Waals surface area contributed by atoms with E-state index in [9.17, 15) is 14.4 Å². The van der Waals surface area contributed by atoms with Crippen LogP contribution in [-0.2, 0) is 9.59 Å². The molecule has 4 N–H and O–H groups in total. The number of Topliss-reactive ketones (excluding diaryl/α,β-unsaturated/α-hetero) is 1. The topological polar surface area (TPSA) is 99.3 Å². The molecule has 0 saturated carbocycles. The number of carbonyl (C=O) groups excluding carboxylic acids is 3. The molecule has 7 heteroatoms. The first-order valence-electron chi connectivity index (χ1n) is 4.97. The van der Waals surface area contributed by atoms with Crippen LogP contribution < -0.4 is 21.5 Å². The molecule has 0 unspecified atom stereocenters. The number of likely N-dealkylation sites (N-methyl/N-ethyl adjacent to an activating group) is 1. The smallest absolute Gasteiger partial charge is 0.330 e. The van der Waals surface area contributed by atoms with Gasteiger partial charge in [0.1, 0.15) is 0 Å². The van der Waals surface area contributed by atoms with Gasteiger partial charge in [0.2, 0.25) is 0 Å². The van der Waals surface area contributed by atoms with E-state index in [1.165, 1.54) is 0 Å². The molecule has 92 valence electrons. The third kappa shape index (κ3) is 6.77. The molecule has 0 aliphatic rings. The Morgan fingerprint density at radius 1 is 1.06 bits per heavy atom. The molecule has 7 nitrogen and oxygen atoms in total. The SMILES string of the molecule is CNCC(=O)NNC(=O)NCC(=O)C(C)C. The highest BCUT2D eigenvalue weighted by molar-refractivity contribution is 5.87. The number of amides is 3. The monoisotopic (exact) mass is 230 g/mol. The van der Waals surface area contributed by atoms with Crippen LogP contribution in [0.2, 0.25) is 0 Å². The van der Waals surface area contributed by atoms with Gasteiger partial charge < -0.3 is 10.6 Å². The summed E-state index contributed by atoms with van der Waals surface area (Å²) in [6.45, 7) is 3.55. The van der Waals surface area contributed by atoms with Gasteiger partial charge in [0, 0.05) is 5.92 Å². The molecule has 16 heavy (non-hydrogen) atoms. The second-order valence-electron chi connectivity index (χ2n) is 3.51. The van der Waals surface area contributed by atoms with Gasteiger partial charge in [0.05, 0.1) is 13.1 Å². The molecule has 0 aliphatic carbocycles. The molecular weight excluding hydrogens is 212 g/mol. The Morgan fingerprint density at radius 2 is 1.69 bits per heavy atom. The van der Waals surface area contributed by atoms with E-state index in [2.05, 4.69) is 21.5 Å². The maximum atomic E-state index is 11.1. The Morgan fingerprint density at radius 3 is 2.19 bits per heavy atom. The Labute approximate surface area is 94.3 Å². The van der Waals surface area contributed by atoms with Gasteiger partial charge in [-0.05, 0) is 7.05 Å². The van der Waals surface area contributed by atoms with E-state index >= 15 is 0 Å². The minimum absolute atomic E-state index is 0.0502. The van der Waals surface area contributed by atoms with Crippen LogP contribution in [0.5, 0.6) is 0 Å². The molecule has 0 spiro atoms. The van der Waals surface area contributed by atoms with E-state index in [1.54, 1.807) is 20.9 Å². The summed E-state index contributed by atoms with van der Waals surface area (Å²) in [7, 11) is 1.61.